The number of fused-ring (bicyclic) bond motifs is 1. The summed E-state index contributed by atoms with van der Waals surface area (Å²) in [4.78, 5) is 15.6. The number of thiazole rings is 1. The van der Waals surface area contributed by atoms with E-state index in [1.54, 1.807) is 11.6 Å². The van der Waals surface area contributed by atoms with Gasteiger partial charge in [0.05, 0.1) is 0 Å². The summed E-state index contributed by atoms with van der Waals surface area (Å²) in [6, 6.07) is 9.86. The molecule has 3 rings (SSSR count). The molecule has 0 saturated heterocycles. The lowest BCUT2D eigenvalue weighted by Gasteiger charge is -1.99. The van der Waals surface area contributed by atoms with E-state index in [4.69, 9.17) is 0 Å². The number of rotatable bonds is 5. The molecule has 106 valence electrons. The monoisotopic (exact) mass is 300 g/mol. The number of anilines is 1. The second-order valence-corrected chi connectivity index (χ2v) is 5.16. The van der Waals surface area contributed by atoms with E-state index in [1.165, 1.54) is 15.7 Å². The smallest absolute Gasteiger partial charge is 0.359 e. The maximum absolute atomic E-state index is 11.1. The summed E-state index contributed by atoms with van der Waals surface area (Å²) >= 11 is 1.37. The first kappa shape index (κ1) is 13.3. The minimum atomic E-state index is -0.421. The van der Waals surface area contributed by atoms with E-state index in [-0.39, 0.29) is 5.82 Å². The second kappa shape index (κ2) is 5.76. The predicted molar refractivity (Wildman–Crippen MR) is 83.7 cm³/mol. The van der Waals surface area contributed by atoms with Gasteiger partial charge in [0, 0.05) is 11.9 Å². The summed E-state index contributed by atoms with van der Waals surface area (Å²) in [5.41, 5.74) is 1.08. The fourth-order valence-corrected chi connectivity index (χ4v) is 2.69. The lowest BCUT2D eigenvalue weighted by Crippen LogP contribution is -2.02. The molecule has 1 N–H and O–H groups in total. The third kappa shape index (κ3) is 2.77. The molecule has 2 aromatic heterocycles. The maximum Gasteiger partial charge on any atom is 0.372 e. The Balaban J connectivity index is 1.73. The van der Waals surface area contributed by atoms with Gasteiger partial charge in [-0.3, -0.25) is 0 Å². The van der Waals surface area contributed by atoms with E-state index < -0.39 is 4.92 Å². The van der Waals surface area contributed by atoms with Crippen molar-refractivity contribution in [3.8, 4) is 0 Å². The molecule has 3 aromatic rings. The quantitative estimate of drug-likeness (QED) is 0.579. The zero-order valence-corrected chi connectivity index (χ0v) is 11.8. The van der Waals surface area contributed by atoms with Gasteiger partial charge >= 0.3 is 5.82 Å². The first-order chi connectivity index (χ1) is 10.3. The number of aromatic nitrogens is 2. The van der Waals surface area contributed by atoms with Crippen LogP contribution in [0.3, 0.4) is 0 Å². The number of hydrogen-bond donors (Lipinski definition) is 1. The van der Waals surface area contributed by atoms with Crippen LogP contribution in [0, 0.1) is 10.1 Å². The Bertz CT molecular complexity index is 792. The topological polar surface area (TPSA) is 72.5 Å². The highest BCUT2D eigenvalue weighted by molar-refractivity contribution is 7.15. The predicted octanol–water partition coefficient (Wildman–Crippen LogP) is 3.43. The molecule has 0 amide bonds. The van der Waals surface area contributed by atoms with Crippen LogP contribution >= 0.6 is 11.3 Å². The highest BCUT2D eigenvalue weighted by Crippen LogP contribution is 2.27. The van der Waals surface area contributed by atoms with Crippen LogP contribution in [0.2, 0.25) is 0 Å². The molecule has 0 radical (unpaired) electrons. The Labute approximate surface area is 124 Å². The van der Waals surface area contributed by atoms with Crippen molar-refractivity contribution in [2.75, 3.05) is 11.9 Å². The van der Waals surface area contributed by atoms with E-state index >= 15 is 0 Å². The van der Waals surface area contributed by atoms with Gasteiger partial charge in [0.15, 0.2) is 0 Å². The Kier molecular flexibility index (Phi) is 3.65. The molecule has 0 spiro atoms. The van der Waals surface area contributed by atoms with E-state index in [2.05, 4.69) is 10.3 Å². The summed E-state index contributed by atoms with van der Waals surface area (Å²) < 4.78 is 1.48. The number of benzene rings is 1. The van der Waals surface area contributed by atoms with Crippen LogP contribution < -0.4 is 5.32 Å². The number of imidazole rings is 1. The van der Waals surface area contributed by atoms with Crippen LogP contribution in [0.25, 0.3) is 11.0 Å². The first-order valence-electron chi connectivity index (χ1n) is 6.31. The van der Waals surface area contributed by atoms with Crippen LogP contribution in [0.15, 0.2) is 48.0 Å². The third-order valence-corrected chi connectivity index (χ3v) is 3.66. The van der Waals surface area contributed by atoms with E-state index in [0.717, 1.165) is 5.56 Å². The average molecular weight is 300 g/mol. The molecule has 6 nitrogen and oxygen atoms in total. The van der Waals surface area contributed by atoms with Gasteiger partial charge < -0.3 is 15.4 Å². The van der Waals surface area contributed by atoms with Gasteiger partial charge in [0.25, 0.3) is 4.96 Å². The lowest BCUT2D eigenvalue weighted by molar-refractivity contribution is -0.389. The van der Waals surface area contributed by atoms with Gasteiger partial charge in [-0.15, -0.1) is 0 Å². The molecule has 2 heterocycles. The molecule has 0 fully saturated rings. The molecule has 21 heavy (non-hydrogen) atoms. The van der Waals surface area contributed by atoms with Gasteiger partial charge in [0.1, 0.15) is 6.20 Å². The number of hydrogen-bond acceptors (Lipinski definition) is 5. The molecular formula is C14H12N4O2S. The van der Waals surface area contributed by atoms with Crippen molar-refractivity contribution in [1.29, 1.82) is 0 Å². The van der Waals surface area contributed by atoms with E-state index in [0.29, 0.717) is 17.3 Å². The van der Waals surface area contributed by atoms with Crippen molar-refractivity contribution in [3.05, 3.63) is 63.7 Å². The molecule has 0 atom stereocenters. The summed E-state index contributed by atoms with van der Waals surface area (Å²) in [6.07, 6.45) is 5.51. The second-order valence-electron chi connectivity index (χ2n) is 4.29. The molecule has 0 bridgehead atoms. The minimum Gasteiger partial charge on any atom is -0.359 e. The molecule has 0 aliphatic carbocycles. The Hall–Kier alpha value is -2.67. The Morgan fingerprint density at radius 2 is 2.19 bits per heavy atom. The summed E-state index contributed by atoms with van der Waals surface area (Å²) in [5.74, 6) is 0.268. The molecular weight excluding hydrogens is 288 g/mol. The summed E-state index contributed by atoms with van der Waals surface area (Å²) in [7, 11) is 0. The van der Waals surface area contributed by atoms with Crippen LogP contribution in [0.1, 0.15) is 5.56 Å². The lowest BCUT2D eigenvalue weighted by atomic mass is 10.2. The van der Waals surface area contributed by atoms with E-state index in [9.17, 15) is 10.1 Å². The van der Waals surface area contributed by atoms with Crippen molar-refractivity contribution in [3.63, 3.8) is 0 Å². The normalized spacial score (nSPS) is 11.2. The van der Waals surface area contributed by atoms with Crippen LogP contribution in [0.5, 0.6) is 0 Å². The van der Waals surface area contributed by atoms with Crippen molar-refractivity contribution < 1.29 is 4.92 Å². The van der Waals surface area contributed by atoms with Crippen LogP contribution in [0.4, 0.5) is 11.6 Å². The van der Waals surface area contributed by atoms with Crippen molar-refractivity contribution in [2.24, 2.45) is 0 Å². The Morgan fingerprint density at radius 1 is 1.38 bits per heavy atom. The van der Waals surface area contributed by atoms with Gasteiger partial charge in [-0.05, 0) is 10.5 Å². The van der Waals surface area contributed by atoms with Gasteiger partial charge in [0.2, 0.25) is 5.82 Å². The molecule has 1 aromatic carbocycles. The van der Waals surface area contributed by atoms with Gasteiger partial charge in [-0.25, -0.2) is 0 Å². The van der Waals surface area contributed by atoms with Crippen LogP contribution in [-0.2, 0) is 0 Å². The zero-order chi connectivity index (χ0) is 14.7. The third-order valence-electron chi connectivity index (χ3n) is 2.91. The highest BCUT2D eigenvalue weighted by Gasteiger charge is 2.22. The minimum absolute atomic E-state index is 0.0284. The fourth-order valence-electron chi connectivity index (χ4n) is 1.98. The van der Waals surface area contributed by atoms with Crippen LogP contribution in [-0.4, -0.2) is 20.9 Å². The fraction of sp³-hybridized carbons (Fsp3) is 0.0714. The molecule has 0 aliphatic heterocycles. The zero-order valence-electron chi connectivity index (χ0n) is 11.0. The average Bonchev–Trinajstić information content (AvgIpc) is 3.04. The SMILES string of the molecule is O=[N+]([O-])c1c(NC/C=C/c2ccccc2)nc2sccn12. The van der Waals surface area contributed by atoms with Crippen molar-refractivity contribution >= 4 is 34.0 Å². The number of nitrogens with zero attached hydrogens (tertiary/aromatic N) is 3. The van der Waals surface area contributed by atoms with Gasteiger partial charge in [-0.2, -0.15) is 9.38 Å². The van der Waals surface area contributed by atoms with Gasteiger partial charge in [-0.1, -0.05) is 53.8 Å². The van der Waals surface area contributed by atoms with Crippen molar-refractivity contribution in [1.82, 2.24) is 9.38 Å². The maximum atomic E-state index is 11.1. The highest BCUT2D eigenvalue weighted by atomic mass is 32.1. The standard InChI is InChI=1S/C14H12N4O2S/c19-18(20)13-12(16-14-17(13)9-10-21-14)15-8-4-7-11-5-2-1-3-6-11/h1-7,9-10,15H,8H2/b7-4+. The molecule has 7 heteroatoms. The first-order valence-corrected chi connectivity index (χ1v) is 7.19. The number of nitrogens with one attached hydrogen (secondary N) is 1. The number of nitro groups is 1. The van der Waals surface area contributed by atoms with E-state index in [1.807, 2.05) is 42.5 Å². The largest absolute Gasteiger partial charge is 0.372 e. The molecule has 0 unspecified atom stereocenters. The van der Waals surface area contributed by atoms with Crippen molar-refractivity contribution in [2.45, 2.75) is 0 Å². The summed E-state index contributed by atoms with van der Waals surface area (Å²) in [5, 5.41) is 15.9. The Morgan fingerprint density at radius 3 is 2.95 bits per heavy atom. The molecule has 0 saturated carbocycles. The molecule has 0 aliphatic rings. The summed E-state index contributed by atoms with van der Waals surface area (Å²) in [6.45, 7) is 0.473.